The van der Waals surface area contributed by atoms with Crippen LogP contribution in [0, 0.1) is 0 Å². The summed E-state index contributed by atoms with van der Waals surface area (Å²) in [5, 5.41) is 26.7. The van der Waals surface area contributed by atoms with Crippen LogP contribution >= 0.6 is 35.9 Å². The summed E-state index contributed by atoms with van der Waals surface area (Å²) in [6, 6.07) is 1.22. The number of nitrogens with one attached hydrogen (secondary N) is 5. The molecule has 3 atom stereocenters. The number of H-pyrrole nitrogens is 1. The minimum Gasteiger partial charge on any atom is -0.543 e. The van der Waals surface area contributed by atoms with Crippen molar-refractivity contribution in [2.75, 3.05) is 29.6 Å². The molecule has 4 amide bonds. The second-order valence-electron chi connectivity index (χ2n) is 9.77. The number of nitrogens with two attached hydrogens (primary N) is 1. The molecular weight excluding hydrogens is 684 g/mol. The number of fused-ring (bicyclic) bond motifs is 1. The number of aliphatic carboxylic acids is 1. The molecular formula is C26H27N10NaO7S3. The predicted molar refractivity (Wildman–Crippen MR) is 171 cm³/mol. The Kier molecular flexibility index (Phi) is 11.6. The third-order valence-electron chi connectivity index (χ3n) is 7.00. The first-order valence-corrected chi connectivity index (χ1v) is 15.8. The maximum Gasteiger partial charge on any atom is 1.00 e. The van der Waals surface area contributed by atoms with Crippen molar-refractivity contribution < 1.29 is 58.9 Å². The fraction of sp³-hybridized carbons (Fsp3) is 0.269. The maximum atomic E-state index is 13.9. The van der Waals surface area contributed by atoms with Crippen LogP contribution in [0.15, 0.2) is 57.6 Å². The van der Waals surface area contributed by atoms with Gasteiger partial charge < -0.3 is 36.8 Å². The molecule has 3 aliphatic rings. The van der Waals surface area contributed by atoms with Crippen LogP contribution in [-0.2, 0) is 14.4 Å². The molecule has 0 aliphatic carbocycles. The molecule has 1 fully saturated rings. The smallest absolute Gasteiger partial charge is 0.543 e. The Balaban J connectivity index is 0.00000500. The van der Waals surface area contributed by atoms with Crippen molar-refractivity contribution in [1.82, 2.24) is 35.6 Å². The molecule has 0 spiro atoms. The van der Waals surface area contributed by atoms with Crippen LogP contribution in [0.1, 0.15) is 18.5 Å². The third-order valence-corrected chi connectivity index (χ3v) is 9.86. The summed E-state index contributed by atoms with van der Waals surface area (Å²) in [4.78, 5) is 74.5. The van der Waals surface area contributed by atoms with Crippen molar-refractivity contribution in [2.24, 2.45) is 5.73 Å². The van der Waals surface area contributed by atoms with Crippen molar-refractivity contribution in [3.05, 3.63) is 68.8 Å². The Morgan fingerprint density at radius 3 is 2.55 bits per heavy atom. The average Bonchev–Trinajstić information content (AvgIpc) is 3.52. The fourth-order valence-electron chi connectivity index (χ4n) is 4.93. The van der Waals surface area contributed by atoms with Gasteiger partial charge in [0.05, 0.1) is 27.6 Å². The van der Waals surface area contributed by atoms with E-state index in [0.717, 1.165) is 16.0 Å². The zero-order valence-electron chi connectivity index (χ0n) is 25.1. The minimum atomic E-state index is -1.61. The van der Waals surface area contributed by atoms with Crippen molar-refractivity contribution >= 4 is 76.2 Å². The summed E-state index contributed by atoms with van der Waals surface area (Å²) in [6.45, 7) is 2.22. The van der Waals surface area contributed by atoms with Crippen LogP contribution in [0.2, 0.25) is 0 Å². The van der Waals surface area contributed by atoms with Crippen LogP contribution in [0.4, 0.5) is 16.4 Å². The number of aromatic amines is 1. The molecule has 1 aromatic heterocycles. The third kappa shape index (κ3) is 7.14. The number of anilines is 2. The minimum absolute atomic E-state index is 0. The number of primary amides is 1. The number of allylic oxidation sites excluding steroid dienone is 1. The summed E-state index contributed by atoms with van der Waals surface area (Å²) < 4.78 is 1.54. The first-order valence-electron chi connectivity index (χ1n) is 13.5. The molecule has 4 heterocycles. The Bertz CT molecular complexity index is 1740. The molecule has 1 aromatic carbocycles. The van der Waals surface area contributed by atoms with Crippen LogP contribution in [-0.4, -0.2) is 83.9 Å². The number of thioether (sulfide) groups is 1. The van der Waals surface area contributed by atoms with Gasteiger partial charge in [-0.1, -0.05) is 28.9 Å². The zero-order valence-corrected chi connectivity index (χ0v) is 29.5. The number of hydrogen-bond donors (Lipinski definition) is 7. The van der Waals surface area contributed by atoms with E-state index < -0.39 is 52.5 Å². The van der Waals surface area contributed by atoms with Gasteiger partial charge >= 0.3 is 35.6 Å². The summed E-state index contributed by atoms with van der Waals surface area (Å²) in [7, 11) is 1.67. The molecule has 17 nitrogen and oxygen atoms in total. The second-order valence-corrected chi connectivity index (χ2v) is 12.3. The molecule has 0 radical (unpaired) electrons. The molecule has 1 saturated heterocycles. The number of carboxylic acids is 1. The predicted octanol–water partition coefficient (Wildman–Crippen LogP) is -4.24. The molecule has 0 saturated carbocycles. The standard InChI is InChI=1S/C26H28N10O7S3.Na/c1-3-29-26-30-8-14(20(38)33-26)34(25(27)43)17(11-4-6-12(37)7-5-11)21(39)32-16-22(40)35-18(24(41)42)13(10-45-23(16)35)19(44)15-9-31-36(28-2)46-15;/h4-9,16-17,23,28,31,37H,3,10H2,1-2H3,(H2,27,43)(H,32,39)(H,41,42)(H2,29,30,33,38);/q;+1/p-1/t16?,17?,23-;/m0./s1. The van der Waals surface area contributed by atoms with Gasteiger partial charge in [0, 0.05) is 31.1 Å². The number of hydrazine groups is 2. The van der Waals surface area contributed by atoms with E-state index in [-0.39, 0.29) is 68.7 Å². The van der Waals surface area contributed by atoms with E-state index in [4.69, 9.17) is 18.0 Å². The number of nitrogens with zero attached hydrogens (tertiary/aromatic N) is 4. The molecule has 5 rings (SSSR count). The van der Waals surface area contributed by atoms with Crippen LogP contribution in [0.25, 0.3) is 0 Å². The quantitative estimate of drug-likeness (QED) is 0.0506. The Labute approximate surface area is 303 Å². The number of phenolic OH excluding ortho intramolecular Hbond substituents is 1. The van der Waals surface area contributed by atoms with Gasteiger partial charge in [-0.2, -0.15) is 0 Å². The monoisotopic (exact) mass is 710 g/mol. The zero-order chi connectivity index (χ0) is 33.3. The number of carboxylic acid groups (broad SMARTS) is 1. The van der Waals surface area contributed by atoms with Crippen LogP contribution in [0.3, 0.4) is 0 Å². The number of amides is 4. The van der Waals surface area contributed by atoms with Gasteiger partial charge in [0.1, 0.15) is 28.9 Å². The molecule has 0 bridgehead atoms. The number of thiocarbonyl (C=S) groups is 1. The maximum absolute atomic E-state index is 13.9. The molecule has 2 aromatic rings. The number of rotatable bonds is 11. The molecule has 2 unspecified atom stereocenters. The van der Waals surface area contributed by atoms with Gasteiger partial charge in [-0.3, -0.25) is 29.2 Å². The number of urea groups is 1. The Morgan fingerprint density at radius 1 is 1.28 bits per heavy atom. The average molecular weight is 711 g/mol. The van der Waals surface area contributed by atoms with Gasteiger partial charge in [-0.05, 0) is 36.6 Å². The van der Waals surface area contributed by atoms with Crippen LogP contribution < -0.4 is 72.3 Å². The molecule has 3 aliphatic heterocycles. The van der Waals surface area contributed by atoms with E-state index in [1.807, 2.05) is 0 Å². The van der Waals surface area contributed by atoms with E-state index >= 15 is 0 Å². The second kappa shape index (κ2) is 15.1. The topological polar surface area (TPSA) is 241 Å². The van der Waals surface area contributed by atoms with Gasteiger partial charge in [0.25, 0.3) is 11.5 Å². The van der Waals surface area contributed by atoms with E-state index in [1.54, 1.807) is 24.7 Å². The number of aromatic hydroxyl groups is 1. The van der Waals surface area contributed by atoms with Gasteiger partial charge in [-0.15, -0.1) is 11.8 Å². The van der Waals surface area contributed by atoms with Crippen molar-refractivity contribution in [1.29, 1.82) is 0 Å². The summed E-state index contributed by atoms with van der Waals surface area (Å²) in [5.41, 5.74) is 10.2. The fourth-order valence-corrected chi connectivity index (χ4v) is 7.41. The van der Waals surface area contributed by atoms with Crippen LogP contribution in [0.5, 0.6) is 5.75 Å². The molecule has 21 heteroatoms. The van der Waals surface area contributed by atoms with Gasteiger partial charge in [0.2, 0.25) is 11.9 Å². The normalized spacial score (nSPS) is 19.3. The summed E-state index contributed by atoms with van der Waals surface area (Å²) in [6.07, 6.45) is 2.66. The van der Waals surface area contributed by atoms with Crippen molar-refractivity contribution in [3.63, 3.8) is 0 Å². The Hall–Kier alpha value is -3.63. The van der Waals surface area contributed by atoms with E-state index in [9.17, 15) is 34.2 Å². The van der Waals surface area contributed by atoms with Crippen molar-refractivity contribution in [3.8, 4) is 5.75 Å². The first-order chi connectivity index (χ1) is 22.0. The number of benzene rings is 1. The molecule has 242 valence electrons. The first kappa shape index (κ1) is 36.2. The summed E-state index contributed by atoms with van der Waals surface area (Å²) in [5.74, 6) is -3.20. The number of carbonyl (C=O) groups is 4. The van der Waals surface area contributed by atoms with E-state index in [2.05, 4.69) is 31.5 Å². The van der Waals surface area contributed by atoms with E-state index in [0.29, 0.717) is 11.4 Å². The largest absolute Gasteiger partial charge is 1.00 e. The molecule has 47 heavy (non-hydrogen) atoms. The summed E-state index contributed by atoms with van der Waals surface area (Å²) >= 11 is 7.92. The number of β-lactam (4-membered cyclic amide) rings is 1. The number of aromatic nitrogens is 2. The van der Waals surface area contributed by atoms with Gasteiger partial charge in [0.15, 0.2) is 0 Å². The number of carbonyl (C=O) groups excluding carboxylic acids is 4. The number of phenols is 1. The Morgan fingerprint density at radius 2 is 1.98 bits per heavy atom. The SMILES string of the molecule is CCNc1ncc(N(C(N)=O)C(C(=O)NC2C(=O)N3C(C(=O)[O-])=C(C(=S)C4=CNN(NC)S4)CS[C@@H]23)c2ccc(O)cc2)c(=O)[nH]1.[Na+]. The number of hydrogen-bond acceptors (Lipinski definition) is 15. The molecule has 8 N–H and O–H groups in total. The van der Waals surface area contributed by atoms with Crippen molar-refractivity contribution in [2.45, 2.75) is 24.4 Å². The van der Waals surface area contributed by atoms with Gasteiger partial charge in [-0.25, -0.2) is 15.2 Å². The van der Waals surface area contributed by atoms with E-state index in [1.165, 1.54) is 48.0 Å².